The molecule has 0 radical (unpaired) electrons. The Morgan fingerprint density at radius 2 is 1.28 bits per heavy atom. The van der Waals surface area contributed by atoms with Gasteiger partial charge in [0.25, 0.3) is 0 Å². The minimum Gasteiger partial charge on any atom is -0.507 e. The topological polar surface area (TPSA) is 60.7 Å². The van der Waals surface area contributed by atoms with Crippen LogP contribution in [0.1, 0.15) is 16.7 Å². The molecule has 0 heterocycles. The minimum absolute atomic E-state index is 0.0448. The molecule has 0 spiro atoms. The first-order valence-electron chi connectivity index (χ1n) is 5.74. The highest BCUT2D eigenvalue weighted by atomic mass is 16.3. The fraction of sp³-hybridized carbons (Fsp3) is 0.200. The second-order valence-corrected chi connectivity index (χ2v) is 4.58. The molecule has 0 aliphatic rings. The molecule has 0 aromatic heterocycles. The van der Waals surface area contributed by atoms with Gasteiger partial charge in [-0.05, 0) is 55.2 Å². The van der Waals surface area contributed by atoms with Crippen molar-refractivity contribution in [1.29, 1.82) is 0 Å². The number of hydrogen-bond acceptors (Lipinski definition) is 3. The van der Waals surface area contributed by atoms with Crippen LogP contribution in [0.15, 0.2) is 24.3 Å². The van der Waals surface area contributed by atoms with E-state index in [9.17, 15) is 15.3 Å². The molecule has 3 nitrogen and oxygen atoms in total. The molecule has 2 aromatic rings. The zero-order valence-corrected chi connectivity index (χ0v) is 10.7. The quantitative estimate of drug-likeness (QED) is 0.532. The van der Waals surface area contributed by atoms with Crippen LogP contribution in [0.2, 0.25) is 0 Å². The summed E-state index contributed by atoms with van der Waals surface area (Å²) in [6, 6.07) is 6.54. The first-order chi connectivity index (χ1) is 8.41. The van der Waals surface area contributed by atoms with Crippen LogP contribution in [-0.4, -0.2) is 15.3 Å². The van der Waals surface area contributed by atoms with Gasteiger partial charge in [0.2, 0.25) is 0 Å². The first-order valence-corrected chi connectivity index (χ1v) is 5.74. The van der Waals surface area contributed by atoms with Crippen LogP contribution in [0.4, 0.5) is 0 Å². The minimum atomic E-state index is -0.290. The van der Waals surface area contributed by atoms with Gasteiger partial charge in [-0.15, -0.1) is 0 Å². The van der Waals surface area contributed by atoms with E-state index in [4.69, 9.17) is 0 Å². The van der Waals surface area contributed by atoms with Crippen molar-refractivity contribution < 1.29 is 15.3 Å². The maximum Gasteiger partial charge on any atom is 0.169 e. The van der Waals surface area contributed by atoms with Gasteiger partial charge in [-0.2, -0.15) is 0 Å². The Kier molecular flexibility index (Phi) is 2.91. The van der Waals surface area contributed by atoms with Gasteiger partial charge in [0, 0.05) is 0 Å². The van der Waals surface area contributed by atoms with Crippen molar-refractivity contribution in [2.24, 2.45) is 0 Å². The molecular formula is C15H16O3. The molecule has 0 saturated heterocycles. The molecule has 0 saturated carbocycles. The summed E-state index contributed by atoms with van der Waals surface area (Å²) in [7, 11) is 0. The Bertz CT molecular complexity index is 616. The van der Waals surface area contributed by atoms with Crippen molar-refractivity contribution in [1.82, 2.24) is 0 Å². The third-order valence-corrected chi connectivity index (χ3v) is 3.24. The third kappa shape index (κ3) is 1.88. The van der Waals surface area contributed by atoms with Crippen molar-refractivity contribution in [3.63, 3.8) is 0 Å². The molecule has 0 aliphatic heterocycles. The summed E-state index contributed by atoms with van der Waals surface area (Å²) < 4.78 is 0. The Labute approximate surface area is 106 Å². The molecule has 2 aromatic carbocycles. The molecule has 0 aliphatic carbocycles. The number of benzene rings is 2. The highest BCUT2D eigenvalue weighted by Crippen LogP contribution is 2.44. The number of phenolic OH excluding ortho intramolecular Hbond substituents is 3. The number of rotatable bonds is 1. The third-order valence-electron chi connectivity index (χ3n) is 3.24. The van der Waals surface area contributed by atoms with Gasteiger partial charge in [0.1, 0.15) is 5.75 Å². The molecule has 3 heteroatoms. The molecule has 0 fully saturated rings. The Hall–Kier alpha value is -2.16. The SMILES string of the molecule is Cc1cc(C)c(-c2c(O)ccc(O)c2O)cc1C. The van der Waals surface area contributed by atoms with E-state index in [-0.39, 0.29) is 22.8 Å². The van der Waals surface area contributed by atoms with Crippen molar-refractivity contribution in [3.05, 3.63) is 41.0 Å². The lowest BCUT2D eigenvalue weighted by atomic mass is 9.94. The lowest BCUT2D eigenvalue weighted by Crippen LogP contribution is -1.90. The lowest BCUT2D eigenvalue weighted by molar-refractivity contribution is 0.398. The van der Waals surface area contributed by atoms with E-state index < -0.39 is 0 Å². The summed E-state index contributed by atoms with van der Waals surface area (Å²) in [6.07, 6.45) is 0. The van der Waals surface area contributed by atoms with Gasteiger partial charge >= 0.3 is 0 Å². The summed E-state index contributed by atoms with van der Waals surface area (Å²) in [4.78, 5) is 0. The molecular weight excluding hydrogens is 228 g/mol. The predicted octanol–water partition coefficient (Wildman–Crippen LogP) is 3.40. The fourth-order valence-corrected chi connectivity index (χ4v) is 2.06. The lowest BCUT2D eigenvalue weighted by Gasteiger charge is -2.13. The molecule has 0 amide bonds. The maximum absolute atomic E-state index is 9.91. The normalized spacial score (nSPS) is 10.6. The zero-order chi connectivity index (χ0) is 13.4. The van der Waals surface area contributed by atoms with E-state index in [0.29, 0.717) is 0 Å². The van der Waals surface area contributed by atoms with E-state index in [0.717, 1.165) is 22.3 Å². The zero-order valence-electron chi connectivity index (χ0n) is 10.7. The summed E-state index contributed by atoms with van der Waals surface area (Å²) in [5.74, 6) is -0.571. The van der Waals surface area contributed by atoms with Crippen molar-refractivity contribution in [3.8, 4) is 28.4 Å². The number of hydrogen-bond donors (Lipinski definition) is 3. The van der Waals surface area contributed by atoms with Crippen LogP contribution in [0.5, 0.6) is 17.2 Å². The van der Waals surface area contributed by atoms with E-state index in [2.05, 4.69) is 0 Å². The average Bonchev–Trinajstić information content (AvgIpc) is 2.31. The highest BCUT2D eigenvalue weighted by Gasteiger charge is 2.16. The number of aryl methyl sites for hydroxylation is 3. The smallest absolute Gasteiger partial charge is 0.169 e. The number of aromatic hydroxyl groups is 3. The summed E-state index contributed by atoms with van der Waals surface area (Å²) in [5.41, 5.74) is 4.15. The van der Waals surface area contributed by atoms with Gasteiger partial charge in [0.05, 0.1) is 5.56 Å². The monoisotopic (exact) mass is 244 g/mol. The Morgan fingerprint density at radius 1 is 0.722 bits per heavy atom. The first kappa shape index (κ1) is 12.3. The van der Waals surface area contributed by atoms with Crippen LogP contribution in [0, 0.1) is 20.8 Å². The van der Waals surface area contributed by atoms with E-state index in [1.165, 1.54) is 12.1 Å². The average molecular weight is 244 g/mol. The predicted molar refractivity (Wildman–Crippen MR) is 71.1 cm³/mol. The van der Waals surface area contributed by atoms with Crippen LogP contribution < -0.4 is 0 Å². The second kappa shape index (κ2) is 4.26. The second-order valence-electron chi connectivity index (χ2n) is 4.58. The van der Waals surface area contributed by atoms with Crippen molar-refractivity contribution in [2.75, 3.05) is 0 Å². The van der Waals surface area contributed by atoms with E-state index in [1.807, 2.05) is 32.9 Å². The van der Waals surface area contributed by atoms with E-state index >= 15 is 0 Å². The fourth-order valence-electron chi connectivity index (χ4n) is 2.06. The summed E-state index contributed by atoms with van der Waals surface area (Å²) in [6.45, 7) is 5.88. The van der Waals surface area contributed by atoms with Crippen molar-refractivity contribution >= 4 is 0 Å². The van der Waals surface area contributed by atoms with Crippen molar-refractivity contribution in [2.45, 2.75) is 20.8 Å². The number of phenols is 3. The van der Waals surface area contributed by atoms with Gasteiger partial charge in [-0.3, -0.25) is 0 Å². The Balaban J connectivity index is 2.77. The molecule has 0 unspecified atom stereocenters. The molecule has 3 N–H and O–H groups in total. The highest BCUT2D eigenvalue weighted by molar-refractivity contribution is 5.81. The molecule has 2 rings (SSSR count). The van der Waals surface area contributed by atoms with Crippen LogP contribution >= 0.6 is 0 Å². The summed E-state index contributed by atoms with van der Waals surface area (Å²) >= 11 is 0. The maximum atomic E-state index is 9.91. The van der Waals surface area contributed by atoms with E-state index in [1.54, 1.807) is 0 Å². The van der Waals surface area contributed by atoms with Crippen LogP contribution in [-0.2, 0) is 0 Å². The summed E-state index contributed by atoms with van der Waals surface area (Å²) in [5, 5.41) is 29.3. The van der Waals surface area contributed by atoms with Gasteiger partial charge in [-0.25, -0.2) is 0 Å². The van der Waals surface area contributed by atoms with Crippen LogP contribution in [0.25, 0.3) is 11.1 Å². The van der Waals surface area contributed by atoms with Gasteiger partial charge in [0.15, 0.2) is 11.5 Å². The Morgan fingerprint density at radius 3 is 1.94 bits per heavy atom. The molecule has 18 heavy (non-hydrogen) atoms. The van der Waals surface area contributed by atoms with Gasteiger partial charge in [-0.1, -0.05) is 12.1 Å². The van der Waals surface area contributed by atoms with Crippen LogP contribution in [0.3, 0.4) is 0 Å². The molecule has 94 valence electrons. The molecule has 0 atom stereocenters. The largest absolute Gasteiger partial charge is 0.507 e. The standard InChI is InChI=1S/C15H16O3/c1-8-6-10(3)11(7-9(8)2)14-12(16)4-5-13(17)15(14)18/h4-7,16-18H,1-3H3. The molecule has 0 bridgehead atoms. The van der Waals surface area contributed by atoms with Gasteiger partial charge < -0.3 is 15.3 Å².